The predicted molar refractivity (Wildman–Crippen MR) is 56.0 cm³/mol. The van der Waals surface area contributed by atoms with E-state index >= 15 is 0 Å². The molecule has 0 aromatic rings. The second kappa shape index (κ2) is 7.41. The van der Waals surface area contributed by atoms with E-state index in [0.717, 1.165) is 32.5 Å². The summed E-state index contributed by atoms with van der Waals surface area (Å²) < 4.78 is 0. The maximum Gasteiger partial charge on any atom is 0.193 e. The summed E-state index contributed by atoms with van der Waals surface area (Å²) in [5.41, 5.74) is 0. The molecule has 0 radical (unpaired) electrons. The van der Waals surface area contributed by atoms with Crippen molar-refractivity contribution in [3.63, 3.8) is 0 Å². The normalized spacial score (nSPS) is 11.8. The maximum absolute atomic E-state index is 5.98. The molecule has 0 aliphatic rings. The third-order valence-corrected chi connectivity index (χ3v) is 1.90. The molecule has 0 atom stereocenters. The lowest BCUT2D eigenvalue weighted by atomic mass is 10.4. The van der Waals surface area contributed by atoms with E-state index in [1.165, 1.54) is 0 Å². The number of hydrogen-bond acceptors (Lipinski definition) is 1. The Hall–Kier alpha value is -0.240. The Labute approximate surface area is 80.6 Å². The fraction of sp³-hybridized carbons (Fsp3) is 0.889. The average molecular weight is 191 g/mol. The summed E-state index contributed by atoms with van der Waals surface area (Å²) in [5.74, 6) is 0. The SMILES string of the molecule is CCCN(CCC)C(Cl)=NCC. The molecule has 3 heteroatoms. The molecule has 0 unspecified atom stereocenters. The number of halogens is 1. The van der Waals surface area contributed by atoms with Gasteiger partial charge >= 0.3 is 0 Å². The fourth-order valence-corrected chi connectivity index (χ4v) is 1.36. The van der Waals surface area contributed by atoms with Crippen molar-refractivity contribution in [1.29, 1.82) is 0 Å². The molecule has 0 N–H and O–H groups in total. The van der Waals surface area contributed by atoms with Crippen molar-refractivity contribution >= 4 is 16.9 Å². The molecule has 0 bridgehead atoms. The molecule has 0 fully saturated rings. The van der Waals surface area contributed by atoms with E-state index in [1.807, 2.05) is 6.92 Å². The summed E-state index contributed by atoms with van der Waals surface area (Å²) >= 11 is 5.98. The lowest BCUT2D eigenvalue weighted by Crippen LogP contribution is -2.29. The molecule has 12 heavy (non-hydrogen) atoms. The van der Waals surface area contributed by atoms with E-state index in [2.05, 4.69) is 23.7 Å². The summed E-state index contributed by atoms with van der Waals surface area (Å²) in [6, 6.07) is 0. The highest BCUT2D eigenvalue weighted by atomic mass is 35.5. The lowest BCUT2D eigenvalue weighted by Gasteiger charge is -2.20. The highest BCUT2D eigenvalue weighted by Gasteiger charge is 2.04. The van der Waals surface area contributed by atoms with E-state index in [-0.39, 0.29) is 0 Å². The van der Waals surface area contributed by atoms with Gasteiger partial charge in [0.1, 0.15) is 0 Å². The first-order valence-corrected chi connectivity index (χ1v) is 5.08. The predicted octanol–water partition coefficient (Wildman–Crippen LogP) is 2.72. The van der Waals surface area contributed by atoms with Crippen molar-refractivity contribution in [2.45, 2.75) is 33.6 Å². The van der Waals surface area contributed by atoms with Gasteiger partial charge in [-0.25, -0.2) is 0 Å². The number of rotatable bonds is 5. The second-order valence-corrected chi connectivity index (χ2v) is 3.07. The zero-order valence-electron chi connectivity index (χ0n) is 8.31. The van der Waals surface area contributed by atoms with E-state index < -0.39 is 0 Å². The van der Waals surface area contributed by atoms with Gasteiger partial charge in [0.2, 0.25) is 0 Å². The van der Waals surface area contributed by atoms with E-state index in [0.29, 0.717) is 5.29 Å². The molecule has 0 aromatic heterocycles. The van der Waals surface area contributed by atoms with Crippen molar-refractivity contribution in [3.05, 3.63) is 0 Å². The zero-order chi connectivity index (χ0) is 9.40. The van der Waals surface area contributed by atoms with E-state index in [1.54, 1.807) is 0 Å². The van der Waals surface area contributed by atoms with Crippen molar-refractivity contribution in [1.82, 2.24) is 4.90 Å². The number of nitrogens with zero attached hydrogens (tertiary/aromatic N) is 2. The first kappa shape index (κ1) is 11.8. The summed E-state index contributed by atoms with van der Waals surface area (Å²) in [7, 11) is 0. The molecule has 0 heterocycles. The van der Waals surface area contributed by atoms with Gasteiger partial charge in [0.25, 0.3) is 0 Å². The van der Waals surface area contributed by atoms with Gasteiger partial charge in [0.15, 0.2) is 5.29 Å². The van der Waals surface area contributed by atoms with Crippen LogP contribution in [0.5, 0.6) is 0 Å². The van der Waals surface area contributed by atoms with Crippen molar-refractivity contribution in [2.75, 3.05) is 19.6 Å². The molecule has 0 saturated heterocycles. The number of hydrogen-bond donors (Lipinski definition) is 0. The van der Waals surface area contributed by atoms with Crippen molar-refractivity contribution < 1.29 is 0 Å². The Bertz CT molecular complexity index is 128. The van der Waals surface area contributed by atoms with Gasteiger partial charge < -0.3 is 4.90 Å². The summed E-state index contributed by atoms with van der Waals surface area (Å²) in [6.07, 6.45) is 2.24. The van der Waals surface area contributed by atoms with E-state index in [9.17, 15) is 0 Å². The molecular weight excluding hydrogens is 172 g/mol. The maximum atomic E-state index is 5.98. The number of amidine groups is 1. The Morgan fingerprint density at radius 1 is 1.17 bits per heavy atom. The number of aliphatic imine (C=N–C) groups is 1. The molecule has 0 spiro atoms. The molecule has 0 aliphatic heterocycles. The van der Waals surface area contributed by atoms with Crippen LogP contribution in [0.1, 0.15) is 33.6 Å². The van der Waals surface area contributed by atoms with Crippen LogP contribution in [-0.2, 0) is 0 Å². The molecule has 2 nitrogen and oxygen atoms in total. The molecule has 0 aromatic carbocycles. The summed E-state index contributed by atoms with van der Waals surface area (Å²) in [5, 5.41) is 0.668. The molecule has 0 aliphatic carbocycles. The van der Waals surface area contributed by atoms with Crippen LogP contribution >= 0.6 is 11.6 Å². The van der Waals surface area contributed by atoms with Crippen LogP contribution in [0.3, 0.4) is 0 Å². The molecule has 0 saturated carbocycles. The fourth-order valence-electron chi connectivity index (χ4n) is 1.07. The smallest absolute Gasteiger partial charge is 0.193 e. The van der Waals surface area contributed by atoms with Crippen LogP contribution < -0.4 is 0 Å². The first-order valence-electron chi connectivity index (χ1n) is 4.71. The lowest BCUT2D eigenvalue weighted by molar-refractivity contribution is 0.422. The quantitative estimate of drug-likeness (QED) is 0.370. The van der Waals surface area contributed by atoms with Gasteiger partial charge in [0, 0.05) is 19.6 Å². The van der Waals surface area contributed by atoms with Crippen LogP contribution in [0.25, 0.3) is 0 Å². The van der Waals surface area contributed by atoms with Crippen LogP contribution in [-0.4, -0.2) is 29.8 Å². The molecule has 72 valence electrons. The largest absolute Gasteiger partial charge is 0.347 e. The van der Waals surface area contributed by atoms with Crippen molar-refractivity contribution in [3.8, 4) is 0 Å². The van der Waals surface area contributed by atoms with Crippen LogP contribution in [0.4, 0.5) is 0 Å². The molecular formula is C9H19ClN2. The molecule has 0 amide bonds. The van der Waals surface area contributed by atoms with Gasteiger partial charge in [-0.3, -0.25) is 4.99 Å². The van der Waals surface area contributed by atoms with Gasteiger partial charge in [-0.15, -0.1) is 0 Å². The van der Waals surface area contributed by atoms with Gasteiger partial charge in [-0.2, -0.15) is 0 Å². The minimum Gasteiger partial charge on any atom is -0.347 e. The van der Waals surface area contributed by atoms with Crippen molar-refractivity contribution in [2.24, 2.45) is 4.99 Å². The van der Waals surface area contributed by atoms with Gasteiger partial charge in [-0.05, 0) is 31.4 Å². The zero-order valence-corrected chi connectivity index (χ0v) is 9.06. The Balaban J connectivity index is 3.98. The van der Waals surface area contributed by atoms with Gasteiger partial charge in [-0.1, -0.05) is 13.8 Å². The second-order valence-electron chi connectivity index (χ2n) is 2.73. The summed E-state index contributed by atoms with van der Waals surface area (Å²) in [4.78, 5) is 6.30. The Morgan fingerprint density at radius 3 is 2.00 bits per heavy atom. The van der Waals surface area contributed by atoms with Crippen LogP contribution in [0.2, 0.25) is 0 Å². The average Bonchev–Trinajstić information content (AvgIpc) is 2.04. The molecule has 0 rings (SSSR count). The van der Waals surface area contributed by atoms with Gasteiger partial charge in [0.05, 0.1) is 0 Å². The van der Waals surface area contributed by atoms with Crippen LogP contribution in [0, 0.1) is 0 Å². The standard InChI is InChI=1S/C9H19ClN2/c1-4-7-12(8-5-2)9(10)11-6-3/h4-8H2,1-3H3. The Kier molecular flexibility index (Phi) is 7.26. The third-order valence-electron chi connectivity index (χ3n) is 1.54. The Morgan fingerprint density at radius 2 is 1.67 bits per heavy atom. The minimum atomic E-state index is 0.668. The first-order chi connectivity index (χ1) is 5.76. The van der Waals surface area contributed by atoms with E-state index in [4.69, 9.17) is 11.6 Å². The van der Waals surface area contributed by atoms with Crippen LogP contribution in [0.15, 0.2) is 4.99 Å². The highest BCUT2D eigenvalue weighted by Crippen LogP contribution is 2.00. The summed E-state index contributed by atoms with van der Waals surface area (Å²) in [6.45, 7) is 9.09. The third kappa shape index (κ3) is 4.60. The highest BCUT2D eigenvalue weighted by molar-refractivity contribution is 6.64. The topological polar surface area (TPSA) is 15.6 Å². The monoisotopic (exact) mass is 190 g/mol. The minimum absolute atomic E-state index is 0.668.